The zero-order chi connectivity index (χ0) is 20.4. The molecule has 7 heteroatoms. The third-order valence-electron chi connectivity index (χ3n) is 4.66. The average Bonchev–Trinajstić information content (AvgIpc) is 3.02. The summed E-state index contributed by atoms with van der Waals surface area (Å²) in [6.07, 6.45) is 0. The lowest BCUT2D eigenvalue weighted by Gasteiger charge is -2.22. The molecule has 0 fully saturated rings. The Kier molecular flexibility index (Phi) is 5.35. The fourth-order valence-corrected chi connectivity index (χ4v) is 3.28. The smallest absolute Gasteiger partial charge is 0.264 e. The Hall–Kier alpha value is -3.35. The maximum absolute atomic E-state index is 14.2. The van der Waals surface area contributed by atoms with Crippen molar-refractivity contribution >= 4 is 28.4 Å². The number of nitrogens with one attached hydrogen (secondary N) is 1. The maximum Gasteiger partial charge on any atom is 0.264 e. The topological polar surface area (TPSA) is 88.4 Å². The Balaban J connectivity index is 1.84. The molecule has 0 radical (unpaired) electrons. The number of nitrogens with zero attached hydrogens (tertiary/aromatic N) is 1. The maximum atomic E-state index is 14.2. The number of aromatic nitrogens is 1. The highest BCUT2D eigenvalue weighted by Gasteiger charge is 2.23. The molecule has 0 bridgehead atoms. The van der Waals surface area contributed by atoms with E-state index in [1.165, 1.54) is 18.2 Å². The molecule has 0 saturated carbocycles. The van der Waals surface area contributed by atoms with Crippen molar-refractivity contribution in [2.75, 3.05) is 18.1 Å². The highest BCUT2D eigenvalue weighted by atomic mass is 19.1. The highest BCUT2D eigenvalue weighted by molar-refractivity contribution is 6.06. The number of carbonyl (C=O) groups is 2. The second-order valence-electron chi connectivity index (χ2n) is 6.53. The summed E-state index contributed by atoms with van der Waals surface area (Å²) in [7, 11) is 0. The second-order valence-corrected chi connectivity index (χ2v) is 6.53. The van der Waals surface area contributed by atoms with E-state index in [0.717, 1.165) is 5.56 Å². The van der Waals surface area contributed by atoms with Crippen molar-refractivity contribution in [2.24, 2.45) is 5.73 Å². The number of benzene rings is 2. The lowest BCUT2D eigenvalue weighted by atomic mass is 10.1. The number of ether oxygens (including phenoxy) is 1. The van der Waals surface area contributed by atoms with Crippen molar-refractivity contribution in [3.05, 3.63) is 59.0 Å². The van der Waals surface area contributed by atoms with Crippen LogP contribution in [0.4, 0.5) is 10.1 Å². The number of rotatable bonds is 6. The quantitative estimate of drug-likeness (QED) is 0.683. The van der Waals surface area contributed by atoms with E-state index >= 15 is 0 Å². The number of carbonyl (C=O) groups excluding carboxylic acids is 2. The molecule has 2 aromatic carbocycles. The molecule has 1 aromatic heterocycles. The molecule has 0 aliphatic carbocycles. The van der Waals surface area contributed by atoms with E-state index in [1.54, 1.807) is 23.1 Å². The molecule has 0 aliphatic heterocycles. The summed E-state index contributed by atoms with van der Waals surface area (Å²) in [5.41, 5.74) is 8.21. The fourth-order valence-electron chi connectivity index (χ4n) is 3.28. The number of likely N-dealkylation sites (N-methyl/N-ethyl adjacent to an activating group) is 1. The van der Waals surface area contributed by atoms with Gasteiger partial charge >= 0.3 is 0 Å². The molecule has 3 aromatic rings. The molecule has 0 saturated heterocycles. The van der Waals surface area contributed by atoms with Gasteiger partial charge in [-0.1, -0.05) is 6.07 Å². The number of nitrogens with two attached hydrogens (primary N) is 1. The minimum atomic E-state index is -0.530. The van der Waals surface area contributed by atoms with Gasteiger partial charge in [-0.3, -0.25) is 9.59 Å². The molecule has 3 rings (SSSR count). The van der Waals surface area contributed by atoms with Crippen molar-refractivity contribution in [1.29, 1.82) is 0 Å². The third kappa shape index (κ3) is 3.55. The summed E-state index contributed by atoms with van der Waals surface area (Å²) in [5.74, 6) is -0.692. The van der Waals surface area contributed by atoms with Gasteiger partial charge in [-0.2, -0.15) is 0 Å². The Morgan fingerprint density at radius 1 is 1.14 bits per heavy atom. The van der Waals surface area contributed by atoms with Gasteiger partial charge in [0.2, 0.25) is 5.91 Å². The zero-order valence-corrected chi connectivity index (χ0v) is 16.0. The molecular weight excluding hydrogens is 361 g/mol. The van der Waals surface area contributed by atoms with Crippen molar-refractivity contribution in [2.45, 2.75) is 20.8 Å². The summed E-state index contributed by atoms with van der Waals surface area (Å²) in [5, 5.41) is 0.693. The van der Waals surface area contributed by atoms with Crippen LogP contribution in [0.2, 0.25) is 0 Å². The van der Waals surface area contributed by atoms with Crippen LogP contribution in [0, 0.1) is 19.7 Å². The van der Waals surface area contributed by atoms with Gasteiger partial charge in [-0.15, -0.1) is 0 Å². The minimum absolute atomic E-state index is 0.190. The molecule has 1 heterocycles. The van der Waals surface area contributed by atoms with E-state index in [1.807, 2.05) is 20.8 Å². The monoisotopic (exact) mass is 383 g/mol. The number of hydrogen-bond donors (Lipinski definition) is 2. The Morgan fingerprint density at radius 3 is 2.43 bits per heavy atom. The molecular formula is C21H22FN3O3. The molecule has 2 amide bonds. The molecule has 0 unspecified atom stereocenters. The fraction of sp³-hybridized carbons (Fsp3) is 0.238. The molecule has 0 atom stereocenters. The van der Waals surface area contributed by atoms with Crippen LogP contribution in [-0.2, 0) is 4.79 Å². The summed E-state index contributed by atoms with van der Waals surface area (Å²) >= 11 is 0. The Bertz CT molecular complexity index is 1040. The van der Waals surface area contributed by atoms with E-state index in [2.05, 4.69) is 4.98 Å². The lowest BCUT2D eigenvalue weighted by Crippen LogP contribution is -2.35. The van der Waals surface area contributed by atoms with E-state index in [4.69, 9.17) is 10.5 Å². The van der Waals surface area contributed by atoms with Crippen molar-refractivity contribution in [1.82, 2.24) is 4.98 Å². The number of aryl methyl sites for hydroxylation is 2. The van der Waals surface area contributed by atoms with Gasteiger partial charge in [0, 0.05) is 23.2 Å². The van der Waals surface area contributed by atoms with Crippen LogP contribution in [0.5, 0.6) is 5.75 Å². The highest BCUT2D eigenvalue weighted by Crippen LogP contribution is 2.34. The minimum Gasteiger partial charge on any atom is -0.484 e. The largest absolute Gasteiger partial charge is 0.484 e. The number of anilines is 1. The predicted molar refractivity (Wildman–Crippen MR) is 106 cm³/mol. The van der Waals surface area contributed by atoms with Crippen LogP contribution in [-0.4, -0.2) is 29.9 Å². The molecule has 0 spiro atoms. The van der Waals surface area contributed by atoms with Crippen LogP contribution in [0.15, 0.2) is 36.4 Å². The summed E-state index contributed by atoms with van der Waals surface area (Å²) in [6, 6.07) is 9.35. The molecule has 3 N–H and O–H groups in total. The van der Waals surface area contributed by atoms with Gasteiger partial charge in [0.05, 0.1) is 11.2 Å². The number of fused-ring (bicyclic) bond motifs is 1. The van der Waals surface area contributed by atoms with Crippen LogP contribution in [0.3, 0.4) is 0 Å². The van der Waals surface area contributed by atoms with E-state index in [9.17, 15) is 14.0 Å². The number of H-pyrrole nitrogens is 1. The SMILES string of the molecule is CCN(C(=O)COc1ccc(C(N)=O)cc1)c1c(C)[nH]c2c(F)ccc(C)c12. The standard InChI is InChI=1S/C21H22FN3O3/c1-4-25(17(26)11-28-15-8-6-14(7-9-15)21(23)27)20-13(3)24-19-16(22)10-5-12(2)18(19)20/h5-10,24H,4,11H2,1-3H3,(H2,23,27). The van der Waals surface area contributed by atoms with Crippen molar-refractivity contribution in [3.63, 3.8) is 0 Å². The Morgan fingerprint density at radius 2 is 1.82 bits per heavy atom. The number of halogens is 1. The predicted octanol–water partition coefficient (Wildman–Crippen LogP) is 3.45. The Labute approximate surface area is 162 Å². The van der Waals surface area contributed by atoms with Gasteiger partial charge < -0.3 is 20.4 Å². The number of hydrogen-bond acceptors (Lipinski definition) is 3. The van der Waals surface area contributed by atoms with Crippen LogP contribution >= 0.6 is 0 Å². The normalized spacial score (nSPS) is 10.9. The number of amides is 2. The number of primary amides is 1. The summed E-state index contributed by atoms with van der Waals surface area (Å²) < 4.78 is 19.8. The second kappa shape index (κ2) is 7.72. The van der Waals surface area contributed by atoms with Crippen LogP contribution < -0.4 is 15.4 Å². The first kappa shape index (κ1) is 19.4. The van der Waals surface area contributed by atoms with Crippen LogP contribution in [0.1, 0.15) is 28.5 Å². The summed E-state index contributed by atoms with van der Waals surface area (Å²) in [6.45, 7) is 5.77. The van der Waals surface area contributed by atoms with Gasteiger partial charge in [0.15, 0.2) is 6.61 Å². The van der Waals surface area contributed by atoms with E-state index < -0.39 is 5.91 Å². The average molecular weight is 383 g/mol. The van der Waals surface area contributed by atoms with Crippen molar-refractivity contribution < 1.29 is 18.7 Å². The number of aromatic amines is 1. The third-order valence-corrected chi connectivity index (χ3v) is 4.66. The van der Waals surface area contributed by atoms with E-state index in [-0.39, 0.29) is 18.3 Å². The molecule has 0 aliphatic rings. The zero-order valence-electron chi connectivity index (χ0n) is 16.0. The first-order chi connectivity index (χ1) is 13.3. The molecule has 28 heavy (non-hydrogen) atoms. The van der Waals surface area contributed by atoms with E-state index in [0.29, 0.717) is 40.1 Å². The van der Waals surface area contributed by atoms with Gasteiger partial charge in [-0.05, 0) is 56.7 Å². The van der Waals surface area contributed by atoms with Gasteiger partial charge in [0.25, 0.3) is 5.91 Å². The van der Waals surface area contributed by atoms with Crippen molar-refractivity contribution in [3.8, 4) is 5.75 Å². The molecule has 146 valence electrons. The molecule has 6 nitrogen and oxygen atoms in total. The van der Waals surface area contributed by atoms with Gasteiger partial charge in [-0.25, -0.2) is 4.39 Å². The summed E-state index contributed by atoms with van der Waals surface area (Å²) in [4.78, 5) is 28.6. The van der Waals surface area contributed by atoms with Gasteiger partial charge in [0.1, 0.15) is 11.6 Å². The first-order valence-electron chi connectivity index (χ1n) is 8.93. The lowest BCUT2D eigenvalue weighted by molar-refractivity contribution is -0.120. The van der Waals surface area contributed by atoms with Crippen LogP contribution in [0.25, 0.3) is 10.9 Å². The first-order valence-corrected chi connectivity index (χ1v) is 8.93.